The molecule has 214 valence electrons. The molecule has 0 aromatic heterocycles. The van der Waals surface area contributed by atoms with Crippen LogP contribution in [0.15, 0.2) is 43.0 Å². The number of rotatable bonds is 10. The summed E-state index contributed by atoms with van der Waals surface area (Å²) < 4.78 is 0. The summed E-state index contributed by atoms with van der Waals surface area (Å²) in [5, 5.41) is 0. The molecule has 0 saturated carbocycles. The summed E-state index contributed by atoms with van der Waals surface area (Å²) in [6.07, 6.45) is 6.58. The van der Waals surface area contributed by atoms with Crippen LogP contribution in [0.25, 0.3) is 5.57 Å². The molecule has 3 nitrogen and oxygen atoms in total. The van der Waals surface area contributed by atoms with Crippen molar-refractivity contribution in [2.45, 2.75) is 105 Å². The highest BCUT2D eigenvalue weighted by molar-refractivity contribution is 5.66. The number of hydrogen-bond donors (Lipinski definition) is 3. The first-order valence-electron chi connectivity index (χ1n) is 15.4. The van der Waals surface area contributed by atoms with Crippen molar-refractivity contribution in [2.75, 3.05) is 0 Å². The molecule has 0 fully saturated rings. The van der Waals surface area contributed by atoms with Gasteiger partial charge in [0.15, 0.2) is 0 Å². The van der Waals surface area contributed by atoms with Crippen molar-refractivity contribution in [3.8, 4) is 0 Å². The maximum Gasteiger partial charge on any atom is 0.0485 e. The molecule has 0 spiro atoms. The van der Waals surface area contributed by atoms with Crippen molar-refractivity contribution in [2.24, 2.45) is 23.1 Å². The van der Waals surface area contributed by atoms with Gasteiger partial charge in [-0.2, -0.15) is 0 Å². The van der Waals surface area contributed by atoms with Gasteiger partial charge in [-0.25, -0.2) is 0 Å². The molecule has 4 rings (SSSR count). The SMILES string of the molecule is C=C(CC1Cc2c(CN)cc(CC)cc2CC1(N)c1cc(C)c(CN)c(CC)c1)c1cc(CC)c(C)c(CC)c1. The molecule has 0 heterocycles. The van der Waals surface area contributed by atoms with Crippen molar-refractivity contribution in [1.82, 2.24) is 0 Å². The molecule has 2 unspecified atom stereocenters. The molecule has 6 N–H and O–H groups in total. The van der Waals surface area contributed by atoms with Crippen molar-refractivity contribution >= 4 is 5.57 Å². The Balaban J connectivity index is 1.85. The van der Waals surface area contributed by atoms with Gasteiger partial charge in [-0.3, -0.25) is 0 Å². The fourth-order valence-electron chi connectivity index (χ4n) is 7.12. The number of allylic oxidation sites excluding steroid dienone is 1. The van der Waals surface area contributed by atoms with Crippen molar-refractivity contribution < 1.29 is 0 Å². The van der Waals surface area contributed by atoms with Gasteiger partial charge in [0.25, 0.3) is 0 Å². The van der Waals surface area contributed by atoms with E-state index in [9.17, 15) is 0 Å². The third-order valence-electron chi connectivity index (χ3n) is 9.76. The lowest BCUT2D eigenvalue weighted by molar-refractivity contribution is 0.255. The Hall–Kier alpha value is -2.72. The van der Waals surface area contributed by atoms with Gasteiger partial charge in [0, 0.05) is 18.6 Å². The second-order valence-corrected chi connectivity index (χ2v) is 12.0. The van der Waals surface area contributed by atoms with E-state index in [0.29, 0.717) is 13.1 Å². The number of aryl methyl sites for hydroxylation is 5. The van der Waals surface area contributed by atoms with Crippen LogP contribution in [0.5, 0.6) is 0 Å². The molecule has 0 saturated heterocycles. The van der Waals surface area contributed by atoms with E-state index in [2.05, 4.69) is 84.5 Å². The zero-order valence-corrected chi connectivity index (χ0v) is 25.8. The number of fused-ring (bicyclic) bond motifs is 1. The molecule has 3 aromatic carbocycles. The maximum absolute atomic E-state index is 7.67. The molecule has 40 heavy (non-hydrogen) atoms. The summed E-state index contributed by atoms with van der Waals surface area (Å²) in [7, 11) is 0. The molecule has 0 aliphatic heterocycles. The van der Waals surface area contributed by atoms with E-state index in [4.69, 9.17) is 17.2 Å². The first kappa shape index (κ1) is 30.2. The van der Waals surface area contributed by atoms with Crippen LogP contribution in [0.2, 0.25) is 0 Å². The Bertz CT molecular complexity index is 1370. The van der Waals surface area contributed by atoms with Gasteiger partial charge in [0.2, 0.25) is 0 Å². The van der Waals surface area contributed by atoms with E-state index in [1.54, 1.807) is 0 Å². The van der Waals surface area contributed by atoms with Gasteiger partial charge in [0.05, 0.1) is 0 Å². The monoisotopic (exact) mass is 537 g/mol. The van der Waals surface area contributed by atoms with Crippen molar-refractivity contribution in [3.63, 3.8) is 0 Å². The average molecular weight is 538 g/mol. The summed E-state index contributed by atoms with van der Waals surface area (Å²) in [6, 6.07) is 14.1. The van der Waals surface area contributed by atoms with Crippen LogP contribution in [-0.2, 0) is 57.2 Å². The number of hydrogen-bond acceptors (Lipinski definition) is 3. The lowest BCUT2D eigenvalue weighted by Gasteiger charge is -2.44. The van der Waals surface area contributed by atoms with Crippen molar-refractivity contribution in [3.05, 3.63) is 110 Å². The third-order valence-corrected chi connectivity index (χ3v) is 9.76. The van der Waals surface area contributed by atoms with Crippen LogP contribution in [0.3, 0.4) is 0 Å². The van der Waals surface area contributed by atoms with Gasteiger partial charge in [-0.05, 0) is 137 Å². The van der Waals surface area contributed by atoms with E-state index >= 15 is 0 Å². The fraction of sp³-hybridized carbons (Fsp3) is 0.459. The van der Waals surface area contributed by atoms with Crippen LogP contribution in [-0.4, -0.2) is 0 Å². The van der Waals surface area contributed by atoms with Crippen LogP contribution in [0.1, 0.15) is 101 Å². The lowest BCUT2D eigenvalue weighted by Crippen LogP contribution is -2.50. The molecule has 1 aliphatic rings. The quantitative estimate of drug-likeness (QED) is 0.257. The van der Waals surface area contributed by atoms with Crippen molar-refractivity contribution in [1.29, 1.82) is 0 Å². The number of benzene rings is 3. The Morgan fingerprint density at radius 2 is 1.48 bits per heavy atom. The normalized spacial score (nSPS) is 18.6. The van der Waals surface area contributed by atoms with E-state index in [-0.39, 0.29) is 5.92 Å². The molecule has 2 atom stereocenters. The van der Waals surface area contributed by atoms with Gasteiger partial charge in [0.1, 0.15) is 0 Å². The average Bonchev–Trinajstić information content (AvgIpc) is 2.96. The van der Waals surface area contributed by atoms with E-state index < -0.39 is 5.54 Å². The molecule has 0 amide bonds. The second-order valence-electron chi connectivity index (χ2n) is 12.0. The summed E-state index contributed by atoms with van der Waals surface area (Å²) >= 11 is 0. The highest BCUT2D eigenvalue weighted by atomic mass is 14.8. The first-order valence-corrected chi connectivity index (χ1v) is 15.4. The van der Waals surface area contributed by atoms with E-state index in [0.717, 1.165) is 44.9 Å². The minimum atomic E-state index is -0.512. The summed E-state index contributed by atoms with van der Waals surface area (Å²) in [4.78, 5) is 0. The maximum atomic E-state index is 7.67. The molecular weight excluding hydrogens is 486 g/mol. The molecule has 0 radical (unpaired) electrons. The van der Waals surface area contributed by atoms with E-state index in [1.807, 2.05) is 0 Å². The molecule has 3 heteroatoms. The zero-order chi connectivity index (χ0) is 29.2. The highest BCUT2D eigenvalue weighted by Gasteiger charge is 2.42. The molecule has 0 bridgehead atoms. The number of nitrogens with two attached hydrogens (primary N) is 3. The van der Waals surface area contributed by atoms with E-state index in [1.165, 1.54) is 72.3 Å². The third kappa shape index (κ3) is 5.57. The smallest absolute Gasteiger partial charge is 0.0485 e. The fourth-order valence-corrected chi connectivity index (χ4v) is 7.12. The standard InChI is InChI=1S/C37H51N3/c1-8-26-14-31-20-37(40,33-13-24(6)36(22-39)29(11-4)18-33)34(19-35(31)32(15-26)21-38)12-23(5)30-16-27(9-2)25(7)28(10-3)17-30/h13-18,34H,5,8-12,19-22,38-40H2,1-4,6-7H3. The summed E-state index contributed by atoms with van der Waals surface area (Å²) in [6.45, 7) is 19.1. The first-order chi connectivity index (χ1) is 19.1. The predicted octanol–water partition coefficient (Wildman–Crippen LogP) is 7.14. The highest BCUT2D eigenvalue weighted by Crippen LogP contribution is 2.45. The van der Waals surface area contributed by atoms with Crippen LogP contribution < -0.4 is 17.2 Å². The Morgan fingerprint density at radius 1 is 0.825 bits per heavy atom. The Labute approximate surface area is 243 Å². The van der Waals surface area contributed by atoms with Crippen LogP contribution in [0.4, 0.5) is 0 Å². The second kappa shape index (κ2) is 12.4. The minimum Gasteiger partial charge on any atom is -0.326 e. The topological polar surface area (TPSA) is 78.1 Å². The van der Waals surface area contributed by atoms with Gasteiger partial charge in [-0.1, -0.05) is 70.7 Å². The summed E-state index contributed by atoms with van der Waals surface area (Å²) in [5.41, 5.74) is 36.8. The Kier molecular flexibility index (Phi) is 9.40. The summed E-state index contributed by atoms with van der Waals surface area (Å²) in [5.74, 6) is 0.203. The Morgan fingerprint density at radius 3 is 2.02 bits per heavy atom. The molecule has 3 aromatic rings. The van der Waals surface area contributed by atoms with Crippen LogP contribution >= 0.6 is 0 Å². The molecular formula is C37H51N3. The predicted molar refractivity (Wildman–Crippen MR) is 173 cm³/mol. The van der Waals surface area contributed by atoms with Gasteiger partial charge >= 0.3 is 0 Å². The van der Waals surface area contributed by atoms with Crippen LogP contribution in [0, 0.1) is 19.8 Å². The minimum absolute atomic E-state index is 0.203. The lowest BCUT2D eigenvalue weighted by atomic mass is 9.63. The zero-order valence-electron chi connectivity index (χ0n) is 25.8. The molecule has 1 aliphatic carbocycles. The van der Waals surface area contributed by atoms with Gasteiger partial charge < -0.3 is 17.2 Å². The largest absolute Gasteiger partial charge is 0.326 e. The van der Waals surface area contributed by atoms with Gasteiger partial charge in [-0.15, -0.1) is 0 Å².